The molecule has 0 spiro atoms. The second-order valence-corrected chi connectivity index (χ2v) is 10.1. The fourth-order valence-corrected chi connectivity index (χ4v) is 4.45. The molecule has 0 unspecified atom stereocenters. The number of rotatable bonds is 18. The Balaban J connectivity index is 1.40. The molecule has 0 fully saturated rings. The van der Waals surface area contributed by atoms with Crippen LogP contribution in [0.15, 0.2) is 66.9 Å². The van der Waals surface area contributed by atoms with Crippen LogP contribution >= 0.6 is 0 Å². The maximum atomic E-state index is 12.6. The number of benzene rings is 2. The molecule has 2 aromatic carbocycles. The Morgan fingerprint density at radius 3 is 1.97 bits per heavy atom. The Morgan fingerprint density at radius 1 is 0.684 bits per heavy atom. The maximum Gasteiger partial charge on any atom is 0.343 e. The summed E-state index contributed by atoms with van der Waals surface area (Å²) in [7, 11) is 0. The number of hydrogen-bond acceptors (Lipinski definition) is 4. The molecular formula is C34H45NO3. The van der Waals surface area contributed by atoms with Crippen molar-refractivity contribution in [2.45, 2.75) is 97.5 Å². The topological polar surface area (TPSA) is 48.4 Å². The number of carbonyl (C=O) groups is 1. The molecule has 0 amide bonds. The Hall–Kier alpha value is -2.98. The molecule has 0 radical (unpaired) electrons. The van der Waals surface area contributed by atoms with E-state index in [2.05, 4.69) is 24.9 Å². The van der Waals surface area contributed by atoms with Gasteiger partial charge in [0.2, 0.25) is 0 Å². The number of ether oxygens (including phenoxy) is 2. The summed E-state index contributed by atoms with van der Waals surface area (Å²) >= 11 is 0. The molecule has 0 atom stereocenters. The highest BCUT2D eigenvalue weighted by atomic mass is 16.5. The first-order chi connectivity index (χ1) is 18.7. The van der Waals surface area contributed by atoms with Gasteiger partial charge in [-0.05, 0) is 72.9 Å². The van der Waals surface area contributed by atoms with Gasteiger partial charge >= 0.3 is 5.97 Å². The third kappa shape index (κ3) is 10.8. The second-order valence-electron chi connectivity index (χ2n) is 10.1. The van der Waals surface area contributed by atoms with Gasteiger partial charge in [0.15, 0.2) is 0 Å². The molecular weight excluding hydrogens is 470 g/mol. The minimum absolute atomic E-state index is 0.337. The third-order valence-electron chi connectivity index (χ3n) is 6.85. The highest BCUT2D eigenvalue weighted by Crippen LogP contribution is 2.22. The van der Waals surface area contributed by atoms with Gasteiger partial charge in [0.25, 0.3) is 0 Å². The molecule has 0 N–H and O–H groups in total. The van der Waals surface area contributed by atoms with Gasteiger partial charge in [-0.15, -0.1) is 0 Å². The van der Waals surface area contributed by atoms with E-state index in [1.54, 1.807) is 0 Å². The van der Waals surface area contributed by atoms with Crippen molar-refractivity contribution in [2.75, 3.05) is 6.61 Å². The maximum absolute atomic E-state index is 12.6. The predicted molar refractivity (Wildman–Crippen MR) is 157 cm³/mol. The van der Waals surface area contributed by atoms with Crippen LogP contribution in [0.1, 0.15) is 106 Å². The van der Waals surface area contributed by atoms with Gasteiger partial charge in [0, 0.05) is 18.4 Å². The molecule has 0 bridgehead atoms. The van der Waals surface area contributed by atoms with E-state index in [-0.39, 0.29) is 5.97 Å². The van der Waals surface area contributed by atoms with Crippen LogP contribution in [0, 0.1) is 0 Å². The van der Waals surface area contributed by atoms with Gasteiger partial charge in [-0.2, -0.15) is 0 Å². The minimum Gasteiger partial charge on any atom is -0.423 e. The zero-order chi connectivity index (χ0) is 26.8. The number of aryl methyl sites for hydroxylation is 1. The van der Waals surface area contributed by atoms with Gasteiger partial charge in [0.1, 0.15) is 5.75 Å². The summed E-state index contributed by atoms with van der Waals surface area (Å²) in [6, 6.07) is 19.4. The zero-order valence-electron chi connectivity index (χ0n) is 23.4. The largest absolute Gasteiger partial charge is 0.423 e. The first-order valence-corrected chi connectivity index (χ1v) is 14.6. The van der Waals surface area contributed by atoms with Crippen LogP contribution in [0.3, 0.4) is 0 Å². The van der Waals surface area contributed by atoms with E-state index in [1.165, 1.54) is 69.8 Å². The van der Waals surface area contributed by atoms with Gasteiger partial charge in [-0.1, -0.05) is 89.8 Å². The Bertz CT molecular complexity index is 1040. The molecule has 0 saturated carbocycles. The van der Waals surface area contributed by atoms with Crippen molar-refractivity contribution in [3.05, 3.63) is 83.6 Å². The lowest BCUT2D eigenvalue weighted by Gasteiger charge is -2.08. The number of unbranched alkanes of at least 4 members (excludes halogenated alkanes) is 9. The molecule has 0 saturated heterocycles. The SMILES string of the molecule is CCCCCCCCOCc1ccc(-c2ccc(OC(=O)c3ccc(CCCCCCC)cc3)cc2)nc1. The Labute approximate surface area is 229 Å². The van der Waals surface area contributed by atoms with E-state index < -0.39 is 0 Å². The summed E-state index contributed by atoms with van der Waals surface area (Å²) < 4.78 is 11.4. The lowest BCUT2D eigenvalue weighted by Crippen LogP contribution is -2.08. The number of carbonyl (C=O) groups excluding carboxylic acids is 1. The van der Waals surface area contributed by atoms with Crippen LogP contribution in [-0.4, -0.2) is 17.6 Å². The minimum atomic E-state index is -0.337. The van der Waals surface area contributed by atoms with Crippen molar-refractivity contribution in [3.8, 4) is 17.0 Å². The number of esters is 1. The molecule has 3 rings (SSSR count). The number of nitrogens with zero attached hydrogens (tertiary/aromatic N) is 1. The van der Waals surface area contributed by atoms with Crippen molar-refractivity contribution in [2.24, 2.45) is 0 Å². The van der Waals surface area contributed by atoms with Crippen molar-refractivity contribution >= 4 is 5.97 Å². The van der Waals surface area contributed by atoms with Crippen molar-refractivity contribution < 1.29 is 14.3 Å². The predicted octanol–water partition coefficient (Wildman–Crippen LogP) is 9.36. The quantitative estimate of drug-likeness (QED) is 0.0962. The molecule has 4 nitrogen and oxygen atoms in total. The highest BCUT2D eigenvalue weighted by molar-refractivity contribution is 5.91. The first-order valence-electron chi connectivity index (χ1n) is 14.6. The van der Waals surface area contributed by atoms with Crippen LogP contribution < -0.4 is 4.74 Å². The molecule has 204 valence electrons. The van der Waals surface area contributed by atoms with Gasteiger partial charge in [-0.25, -0.2) is 4.79 Å². The van der Waals surface area contributed by atoms with Crippen molar-refractivity contribution in [3.63, 3.8) is 0 Å². The normalized spacial score (nSPS) is 11.0. The van der Waals surface area contributed by atoms with E-state index >= 15 is 0 Å². The summed E-state index contributed by atoms with van der Waals surface area (Å²) in [4.78, 5) is 17.2. The molecule has 38 heavy (non-hydrogen) atoms. The number of aromatic nitrogens is 1. The van der Waals surface area contributed by atoms with Crippen LogP contribution in [0.25, 0.3) is 11.3 Å². The average Bonchev–Trinajstić information content (AvgIpc) is 2.95. The lowest BCUT2D eigenvalue weighted by molar-refractivity contribution is 0.0734. The van der Waals surface area contributed by atoms with Crippen molar-refractivity contribution in [1.82, 2.24) is 4.98 Å². The number of hydrogen-bond donors (Lipinski definition) is 0. The van der Waals surface area contributed by atoms with E-state index in [0.29, 0.717) is 17.9 Å². The summed E-state index contributed by atoms with van der Waals surface area (Å²) in [6.45, 7) is 5.87. The van der Waals surface area contributed by atoms with Crippen LogP contribution in [0.4, 0.5) is 0 Å². The van der Waals surface area contributed by atoms with E-state index in [1.807, 2.05) is 60.8 Å². The van der Waals surface area contributed by atoms with E-state index in [4.69, 9.17) is 9.47 Å². The fraction of sp³-hybridized carbons (Fsp3) is 0.471. The molecule has 1 heterocycles. The molecule has 1 aromatic heterocycles. The second kappa shape index (κ2) is 17.5. The summed E-state index contributed by atoms with van der Waals surface area (Å²) in [6.07, 6.45) is 16.9. The fourth-order valence-electron chi connectivity index (χ4n) is 4.45. The first kappa shape index (κ1) is 29.6. The lowest BCUT2D eigenvalue weighted by atomic mass is 10.0. The standard InChI is InChI=1S/C34H45NO3/c1-3-5-7-9-11-13-25-37-27-29-17-24-33(35-26-29)30-20-22-32(23-21-30)38-34(36)31-18-15-28(16-19-31)14-12-10-8-6-4-2/h15-24,26H,3-14,25,27H2,1-2H3. The number of pyridine rings is 1. The summed E-state index contributed by atoms with van der Waals surface area (Å²) in [5.74, 6) is 0.189. The summed E-state index contributed by atoms with van der Waals surface area (Å²) in [5, 5.41) is 0. The van der Waals surface area contributed by atoms with Crippen LogP contribution in [-0.2, 0) is 17.8 Å². The average molecular weight is 516 g/mol. The molecule has 4 heteroatoms. The highest BCUT2D eigenvalue weighted by Gasteiger charge is 2.09. The van der Waals surface area contributed by atoms with Crippen molar-refractivity contribution in [1.29, 1.82) is 0 Å². The Kier molecular flexibility index (Phi) is 13.6. The van der Waals surface area contributed by atoms with E-state index in [9.17, 15) is 4.79 Å². The molecule has 0 aliphatic rings. The van der Waals surface area contributed by atoms with Gasteiger partial charge < -0.3 is 9.47 Å². The van der Waals surface area contributed by atoms with Crippen LogP contribution in [0.5, 0.6) is 5.75 Å². The monoisotopic (exact) mass is 515 g/mol. The molecule has 3 aromatic rings. The Morgan fingerprint density at radius 2 is 1.32 bits per heavy atom. The zero-order valence-corrected chi connectivity index (χ0v) is 23.4. The van der Waals surface area contributed by atoms with Gasteiger partial charge in [0.05, 0.1) is 17.9 Å². The van der Waals surface area contributed by atoms with Crippen LogP contribution in [0.2, 0.25) is 0 Å². The molecule has 0 aliphatic carbocycles. The third-order valence-corrected chi connectivity index (χ3v) is 6.85. The smallest absolute Gasteiger partial charge is 0.343 e. The van der Waals surface area contributed by atoms with Gasteiger partial charge in [-0.3, -0.25) is 4.98 Å². The van der Waals surface area contributed by atoms with E-state index in [0.717, 1.165) is 36.3 Å². The summed E-state index contributed by atoms with van der Waals surface area (Å²) in [5.41, 5.74) is 4.78. The molecule has 0 aliphatic heterocycles.